The first kappa shape index (κ1) is 18.5. The number of hydrogen-bond donors (Lipinski definition) is 0. The molecule has 134 valence electrons. The highest BCUT2D eigenvalue weighted by atomic mass is 16.6. The molecule has 2 heterocycles. The molecule has 0 atom stereocenters. The Morgan fingerprint density at radius 3 is 2.72 bits per heavy atom. The second-order valence-corrected chi connectivity index (χ2v) is 7.01. The molecule has 1 aliphatic heterocycles. The zero-order valence-corrected chi connectivity index (χ0v) is 15.4. The molecule has 0 radical (unpaired) electrons. The van der Waals surface area contributed by atoms with Gasteiger partial charge in [0.05, 0.1) is 13.0 Å². The molecule has 25 heavy (non-hydrogen) atoms. The lowest BCUT2D eigenvalue weighted by molar-refractivity contribution is 0.0297. The normalized spacial score (nSPS) is 14.7. The number of nitrogens with zero attached hydrogens (tertiary/aromatic N) is 6. The smallest absolute Gasteiger partial charge is 0.411 e. The fourth-order valence-corrected chi connectivity index (χ4v) is 2.23. The Labute approximate surface area is 148 Å². The van der Waals surface area contributed by atoms with E-state index in [2.05, 4.69) is 16.0 Å². The first-order valence-corrected chi connectivity index (χ1v) is 8.04. The summed E-state index contributed by atoms with van der Waals surface area (Å²) in [4.78, 5) is 26.1. The fourth-order valence-electron chi connectivity index (χ4n) is 2.23. The van der Waals surface area contributed by atoms with E-state index in [0.29, 0.717) is 31.3 Å². The largest absolute Gasteiger partial charge is 0.444 e. The van der Waals surface area contributed by atoms with Gasteiger partial charge in [-0.1, -0.05) is 0 Å². The zero-order valence-electron chi connectivity index (χ0n) is 15.4. The van der Waals surface area contributed by atoms with Crippen molar-refractivity contribution in [3.63, 3.8) is 0 Å². The van der Waals surface area contributed by atoms with Crippen molar-refractivity contribution in [1.29, 1.82) is 5.26 Å². The quantitative estimate of drug-likeness (QED) is 0.617. The number of aromatic nitrogens is 1. The van der Waals surface area contributed by atoms with Crippen molar-refractivity contribution in [3.8, 4) is 6.07 Å². The van der Waals surface area contributed by atoms with Gasteiger partial charge in [-0.15, -0.1) is 0 Å². The van der Waals surface area contributed by atoms with Crippen LogP contribution in [-0.4, -0.2) is 66.7 Å². The average Bonchev–Trinajstić information content (AvgIpc) is 3.01. The maximum Gasteiger partial charge on any atom is 0.411 e. The van der Waals surface area contributed by atoms with E-state index in [1.165, 1.54) is 0 Å². The van der Waals surface area contributed by atoms with Gasteiger partial charge in [0.25, 0.3) is 0 Å². The molecule has 8 heteroatoms. The molecule has 0 aliphatic carbocycles. The van der Waals surface area contributed by atoms with Crippen molar-refractivity contribution in [2.45, 2.75) is 26.4 Å². The molecule has 0 N–H and O–H groups in total. The van der Waals surface area contributed by atoms with Crippen molar-refractivity contribution >= 4 is 23.9 Å². The Bertz CT molecular complexity index is 702. The third-order valence-electron chi connectivity index (χ3n) is 3.35. The minimum absolute atomic E-state index is 0.256. The Hall–Kier alpha value is -2.82. The fraction of sp³-hybridized carbons (Fsp3) is 0.529. The second kappa shape index (κ2) is 7.38. The minimum atomic E-state index is -0.525. The monoisotopic (exact) mass is 344 g/mol. The van der Waals surface area contributed by atoms with Crippen molar-refractivity contribution in [2.24, 2.45) is 4.99 Å². The number of aliphatic imine (C=N–C) groups is 1. The van der Waals surface area contributed by atoms with Gasteiger partial charge in [0.2, 0.25) is 0 Å². The van der Waals surface area contributed by atoms with Crippen LogP contribution in [-0.2, 0) is 4.74 Å². The summed E-state index contributed by atoms with van der Waals surface area (Å²) in [5.74, 6) is 0.645. The van der Waals surface area contributed by atoms with E-state index < -0.39 is 5.60 Å². The summed E-state index contributed by atoms with van der Waals surface area (Å²) in [6.07, 6.45) is 1.28. The third-order valence-corrected chi connectivity index (χ3v) is 3.35. The summed E-state index contributed by atoms with van der Waals surface area (Å²) in [5.41, 5.74) is 0.248. The second-order valence-electron chi connectivity index (χ2n) is 7.01. The van der Waals surface area contributed by atoms with E-state index in [1.54, 1.807) is 22.2 Å². The number of amides is 1. The van der Waals surface area contributed by atoms with E-state index in [9.17, 15) is 10.1 Å². The maximum atomic E-state index is 12.1. The van der Waals surface area contributed by atoms with E-state index in [-0.39, 0.29) is 11.8 Å². The van der Waals surface area contributed by atoms with Crippen LogP contribution in [0.15, 0.2) is 17.1 Å². The van der Waals surface area contributed by atoms with Crippen LogP contribution in [0, 0.1) is 11.3 Å². The summed E-state index contributed by atoms with van der Waals surface area (Å²) in [5, 5.41) is 9.32. The van der Waals surface area contributed by atoms with Gasteiger partial charge in [0, 0.05) is 27.2 Å². The molecule has 0 unspecified atom stereocenters. The molecule has 0 spiro atoms. The highest BCUT2D eigenvalue weighted by Gasteiger charge is 2.29. The molecule has 2 rings (SSSR count). The lowest BCUT2D eigenvalue weighted by atomic mass is 10.2. The number of carbonyl (C=O) groups excluding carboxylic acids is 1. The summed E-state index contributed by atoms with van der Waals surface area (Å²) >= 11 is 0. The van der Waals surface area contributed by atoms with Gasteiger partial charge < -0.3 is 14.5 Å². The van der Waals surface area contributed by atoms with E-state index in [0.717, 1.165) is 0 Å². The average molecular weight is 344 g/mol. The van der Waals surface area contributed by atoms with Gasteiger partial charge in [-0.05, 0) is 32.9 Å². The molecule has 8 nitrogen and oxygen atoms in total. The van der Waals surface area contributed by atoms with E-state index in [1.807, 2.05) is 45.8 Å². The lowest BCUT2D eigenvalue weighted by Gasteiger charge is -2.24. The first-order chi connectivity index (χ1) is 11.7. The number of pyridine rings is 1. The van der Waals surface area contributed by atoms with Crippen LogP contribution in [0.1, 0.15) is 26.5 Å². The lowest BCUT2D eigenvalue weighted by Crippen LogP contribution is -2.36. The molecule has 0 saturated carbocycles. The molecule has 0 bridgehead atoms. The van der Waals surface area contributed by atoms with Crippen molar-refractivity contribution < 1.29 is 9.53 Å². The van der Waals surface area contributed by atoms with Crippen molar-refractivity contribution in [1.82, 2.24) is 14.8 Å². The number of anilines is 1. The molecular formula is C17H24N6O2. The maximum absolute atomic E-state index is 12.1. The SMILES string of the molecule is CN(C)C=Nc1ccc(N2CCN(C(=O)OC(C)(C)C)C2)nc1C#N. The molecule has 0 aromatic carbocycles. The highest BCUT2D eigenvalue weighted by Crippen LogP contribution is 2.23. The number of nitriles is 1. The minimum Gasteiger partial charge on any atom is -0.444 e. The van der Waals surface area contributed by atoms with Crippen LogP contribution < -0.4 is 4.90 Å². The summed E-state index contributed by atoms with van der Waals surface area (Å²) in [6.45, 7) is 7.09. The van der Waals surface area contributed by atoms with Gasteiger partial charge >= 0.3 is 6.09 Å². The van der Waals surface area contributed by atoms with Gasteiger partial charge in [-0.2, -0.15) is 5.26 Å². The number of carbonyl (C=O) groups is 1. The van der Waals surface area contributed by atoms with Gasteiger partial charge in [0.1, 0.15) is 23.2 Å². The molecule has 1 aromatic heterocycles. The zero-order chi connectivity index (χ0) is 18.6. The molecule has 1 aliphatic rings. The Morgan fingerprint density at radius 1 is 1.40 bits per heavy atom. The van der Waals surface area contributed by atoms with E-state index in [4.69, 9.17) is 4.74 Å². The van der Waals surface area contributed by atoms with Crippen LogP contribution in [0.3, 0.4) is 0 Å². The summed E-state index contributed by atoms with van der Waals surface area (Å²) in [7, 11) is 3.71. The molecular weight excluding hydrogens is 320 g/mol. The number of rotatable bonds is 3. The summed E-state index contributed by atoms with van der Waals surface area (Å²) < 4.78 is 5.39. The van der Waals surface area contributed by atoms with Crippen LogP contribution in [0.2, 0.25) is 0 Å². The van der Waals surface area contributed by atoms with Crippen molar-refractivity contribution in [2.75, 3.05) is 38.8 Å². The predicted octanol–water partition coefficient (Wildman–Crippen LogP) is 2.19. The summed E-state index contributed by atoms with van der Waals surface area (Å²) in [6, 6.07) is 5.64. The van der Waals surface area contributed by atoms with Crippen LogP contribution in [0.5, 0.6) is 0 Å². The van der Waals surface area contributed by atoms with Gasteiger partial charge in [0.15, 0.2) is 5.69 Å². The van der Waals surface area contributed by atoms with Crippen LogP contribution in [0.25, 0.3) is 0 Å². The van der Waals surface area contributed by atoms with Crippen molar-refractivity contribution in [3.05, 3.63) is 17.8 Å². The highest BCUT2D eigenvalue weighted by molar-refractivity contribution is 5.70. The number of hydrogen-bond acceptors (Lipinski definition) is 6. The molecule has 1 saturated heterocycles. The van der Waals surface area contributed by atoms with Crippen LogP contribution in [0.4, 0.5) is 16.3 Å². The topological polar surface area (TPSA) is 85.1 Å². The third kappa shape index (κ3) is 5.08. The van der Waals surface area contributed by atoms with Gasteiger partial charge in [-0.25, -0.2) is 14.8 Å². The van der Waals surface area contributed by atoms with E-state index >= 15 is 0 Å². The first-order valence-electron chi connectivity index (χ1n) is 8.04. The Balaban J connectivity index is 2.10. The molecule has 1 aromatic rings. The molecule has 1 fully saturated rings. The predicted molar refractivity (Wildman–Crippen MR) is 95.9 cm³/mol. The van der Waals surface area contributed by atoms with Gasteiger partial charge in [-0.3, -0.25) is 4.90 Å². The Morgan fingerprint density at radius 2 is 2.12 bits per heavy atom. The van der Waals surface area contributed by atoms with Crippen LogP contribution >= 0.6 is 0 Å². The molecule has 1 amide bonds. The standard InChI is InChI=1S/C17H24N6O2/c1-17(2,3)25-16(24)23-9-8-22(12-23)15-7-6-13(14(10-18)20-15)19-11-21(4)5/h6-7,11H,8-9,12H2,1-5H3. The Kier molecular flexibility index (Phi) is 5.47. The number of ether oxygens (including phenoxy) is 1.